The molecule has 8 heteroatoms. The molecule has 0 saturated heterocycles. The number of H-pyrrole nitrogens is 1. The van der Waals surface area contributed by atoms with Crippen LogP contribution in [-0.4, -0.2) is 53.0 Å². The fourth-order valence-corrected chi connectivity index (χ4v) is 3.03. The van der Waals surface area contributed by atoms with Crippen LogP contribution >= 0.6 is 11.8 Å². The van der Waals surface area contributed by atoms with Crippen LogP contribution in [0.1, 0.15) is 23.3 Å². The fraction of sp³-hybridized carbons (Fsp3) is 0.429. The van der Waals surface area contributed by atoms with Crippen molar-refractivity contribution in [1.82, 2.24) is 10.2 Å². The number of phenolic OH excluding ortho intramolecular Hbond substituents is 2. The molecule has 0 atom stereocenters. The van der Waals surface area contributed by atoms with Crippen molar-refractivity contribution in [3.05, 3.63) is 11.8 Å². The van der Waals surface area contributed by atoms with E-state index in [2.05, 4.69) is 14.9 Å². The lowest BCUT2D eigenvalue weighted by Gasteiger charge is -2.07. The summed E-state index contributed by atoms with van der Waals surface area (Å²) in [6.45, 7) is 0.686. The van der Waals surface area contributed by atoms with E-state index < -0.39 is 5.97 Å². The molecule has 0 fully saturated rings. The van der Waals surface area contributed by atoms with Crippen LogP contribution in [0.15, 0.2) is 11.0 Å². The van der Waals surface area contributed by atoms with Gasteiger partial charge in [0.2, 0.25) is 0 Å². The number of nitrogens with one attached hydrogen (secondary N) is 1. The van der Waals surface area contributed by atoms with Crippen molar-refractivity contribution >= 4 is 28.6 Å². The first-order valence-electron chi connectivity index (χ1n) is 6.73. The molecule has 0 aliphatic carbocycles. The predicted octanol–water partition coefficient (Wildman–Crippen LogP) is 2.28. The molecule has 0 unspecified atom stereocenters. The van der Waals surface area contributed by atoms with Crippen LogP contribution in [0.25, 0.3) is 10.9 Å². The van der Waals surface area contributed by atoms with Gasteiger partial charge < -0.3 is 19.7 Å². The van der Waals surface area contributed by atoms with Crippen LogP contribution in [-0.2, 0) is 9.47 Å². The van der Waals surface area contributed by atoms with Gasteiger partial charge >= 0.3 is 5.97 Å². The Hall–Kier alpha value is -1.93. The van der Waals surface area contributed by atoms with E-state index in [9.17, 15) is 15.0 Å². The maximum absolute atomic E-state index is 11.7. The van der Waals surface area contributed by atoms with E-state index in [4.69, 9.17) is 4.74 Å². The number of methoxy groups -OCH3 is 2. The molecule has 0 bridgehead atoms. The van der Waals surface area contributed by atoms with Crippen LogP contribution in [0.4, 0.5) is 0 Å². The summed E-state index contributed by atoms with van der Waals surface area (Å²) in [4.78, 5) is 12.2. The molecule has 2 rings (SSSR count). The highest BCUT2D eigenvalue weighted by molar-refractivity contribution is 7.99. The van der Waals surface area contributed by atoms with Gasteiger partial charge in [-0.2, -0.15) is 5.10 Å². The van der Waals surface area contributed by atoms with Gasteiger partial charge in [0.15, 0.2) is 5.69 Å². The van der Waals surface area contributed by atoms with E-state index in [0.29, 0.717) is 11.5 Å². The Morgan fingerprint density at radius 2 is 2.14 bits per heavy atom. The molecule has 1 heterocycles. The van der Waals surface area contributed by atoms with E-state index in [1.807, 2.05) is 0 Å². The summed E-state index contributed by atoms with van der Waals surface area (Å²) in [6, 6.07) is 1.44. The average Bonchev–Trinajstić information content (AvgIpc) is 2.96. The summed E-state index contributed by atoms with van der Waals surface area (Å²) in [5.41, 5.74) is 0.161. The van der Waals surface area contributed by atoms with Crippen LogP contribution in [0.2, 0.25) is 0 Å². The average molecular weight is 326 g/mol. The number of esters is 1. The summed E-state index contributed by atoms with van der Waals surface area (Å²) in [7, 11) is 2.89. The van der Waals surface area contributed by atoms with Gasteiger partial charge in [-0.15, -0.1) is 11.8 Å². The van der Waals surface area contributed by atoms with Crippen molar-refractivity contribution in [3.8, 4) is 11.5 Å². The largest absolute Gasteiger partial charge is 0.506 e. The van der Waals surface area contributed by atoms with E-state index >= 15 is 0 Å². The quantitative estimate of drug-likeness (QED) is 0.310. The van der Waals surface area contributed by atoms with E-state index in [1.54, 1.807) is 7.11 Å². The van der Waals surface area contributed by atoms with E-state index in [0.717, 1.165) is 18.6 Å². The first-order chi connectivity index (χ1) is 10.6. The number of unbranched alkanes of at least 4 members (excludes halogenated alkanes) is 1. The van der Waals surface area contributed by atoms with E-state index in [-0.39, 0.29) is 28.1 Å². The molecule has 7 nitrogen and oxygen atoms in total. The third-order valence-corrected chi connectivity index (χ3v) is 4.25. The number of benzene rings is 1. The number of phenols is 2. The molecule has 0 saturated carbocycles. The zero-order valence-electron chi connectivity index (χ0n) is 12.4. The zero-order chi connectivity index (χ0) is 16.1. The summed E-state index contributed by atoms with van der Waals surface area (Å²) in [5.74, 6) is -0.0791. The van der Waals surface area contributed by atoms with Crippen LogP contribution in [0.3, 0.4) is 0 Å². The van der Waals surface area contributed by atoms with Gasteiger partial charge in [-0.05, 0) is 24.7 Å². The third-order valence-electron chi connectivity index (χ3n) is 3.14. The molecule has 1 aromatic carbocycles. The minimum atomic E-state index is -0.653. The lowest BCUT2D eigenvalue weighted by Crippen LogP contribution is -2.02. The van der Waals surface area contributed by atoms with Crippen molar-refractivity contribution in [2.24, 2.45) is 0 Å². The molecule has 120 valence electrons. The number of aromatic nitrogens is 2. The van der Waals surface area contributed by atoms with E-state index in [1.165, 1.54) is 24.9 Å². The highest BCUT2D eigenvalue weighted by Gasteiger charge is 2.22. The van der Waals surface area contributed by atoms with Gasteiger partial charge in [-0.25, -0.2) is 4.79 Å². The Morgan fingerprint density at radius 3 is 2.82 bits per heavy atom. The molecule has 0 aliphatic rings. The Morgan fingerprint density at radius 1 is 1.36 bits per heavy atom. The molecule has 2 aromatic rings. The summed E-state index contributed by atoms with van der Waals surface area (Å²) >= 11 is 1.40. The Balaban J connectivity index is 2.28. The normalized spacial score (nSPS) is 11.0. The number of fused-ring (bicyclic) bond motifs is 1. The zero-order valence-corrected chi connectivity index (χ0v) is 13.2. The standard InChI is InChI=1S/C14H18N2O5S/c1-20-5-3-4-6-22-9-7-8(17)11-10(13(9)18)12(16-15-11)14(19)21-2/h7,17-18H,3-6H2,1-2H3,(H,15,16). The lowest BCUT2D eigenvalue weighted by atomic mass is 10.1. The number of rotatable bonds is 7. The Kier molecular flexibility index (Phi) is 5.51. The Labute approximate surface area is 131 Å². The number of aromatic hydroxyl groups is 2. The fourth-order valence-electron chi connectivity index (χ4n) is 2.03. The van der Waals surface area contributed by atoms with Gasteiger partial charge in [0, 0.05) is 13.7 Å². The van der Waals surface area contributed by atoms with Crippen LogP contribution in [0, 0.1) is 0 Å². The number of nitrogens with zero attached hydrogens (tertiary/aromatic N) is 1. The van der Waals surface area contributed by atoms with Crippen molar-refractivity contribution in [3.63, 3.8) is 0 Å². The molecular weight excluding hydrogens is 308 g/mol. The Bertz CT molecular complexity index is 671. The summed E-state index contributed by atoms with van der Waals surface area (Å²) < 4.78 is 9.62. The smallest absolute Gasteiger partial charge is 0.356 e. The third kappa shape index (κ3) is 3.28. The molecule has 0 amide bonds. The molecule has 22 heavy (non-hydrogen) atoms. The second-order valence-electron chi connectivity index (χ2n) is 4.60. The number of hydrogen-bond donors (Lipinski definition) is 3. The monoisotopic (exact) mass is 326 g/mol. The molecule has 0 spiro atoms. The minimum Gasteiger partial charge on any atom is -0.506 e. The topological polar surface area (TPSA) is 105 Å². The number of hydrogen-bond acceptors (Lipinski definition) is 7. The van der Waals surface area contributed by atoms with Crippen molar-refractivity contribution in [1.29, 1.82) is 0 Å². The first-order valence-corrected chi connectivity index (χ1v) is 7.71. The second kappa shape index (κ2) is 7.37. The second-order valence-corrected chi connectivity index (χ2v) is 5.74. The van der Waals surface area contributed by atoms with Gasteiger partial charge in [0.25, 0.3) is 0 Å². The molecule has 0 aliphatic heterocycles. The maximum Gasteiger partial charge on any atom is 0.356 e. The highest BCUT2D eigenvalue weighted by Crippen LogP contribution is 2.41. The van der Waals surface area contributed by atoms with Crippen molar-refractivity contribution < 1.29 is 24.5 Å². The van der Waals surface area contributed by atoms with Gasteiger partial charge in [-0.3, -0.25) is 5.10 Å². The van der Waals surface area contributed by atoms with Gasteiger partial charge in [0.05, 0.1) is 17.4 Å². The lowest BCUT2D eigenvalue weighted by molar-refractivity contribution is 0.0596. The summed E-state index contributed by atoms with van der Waals surface area (Å²) in [6.07, 6.45) is 1.82. The maximum atomic E-state index is 11.7. The SMILES string of the molecule is COCCCCSc1cc(O)c2n[nH]c(C(=O)OC)c2c1O. The van der Waals surface area contributed by atoms with Gasteiger partial charge in [-0.1, -0.05) is 0 Å². The van der Waals surface area contributed by atoms with Gasteiger partial charge in [0.1, 0.15) is 17.0 Å². The number of carbonyl (C=O) groups excluding carboxylic acids is 1. The number of carbonyl (C=O) groups is 1. The molecule has 0 radical (unpaired) electrons. The number of aromatic amines is 1. The predicted molar refractivity (Wildman–Crippen MR) is 82.6 cm³/mol. The summed E-state index contributed by atoms with van der Waals surface area (Å²) in [5, 5.41) is 26.9. The first kappa shape index (κ1) is 16.4. The number of thioether (sulfide) groups is 1. The minimum absolute atomic E-state index is 0.0205. The molecular formula is C14H18N2O5S. The molecule has 3 N–H and O–H groups in total. The van der Waals surface area contributed by atoms with Crippen LogP contribution in [0.5, 0.6) is 11.5 Å². The number of ether oxygens (including phenoxy) is 2. The van der Waals surface area contributed by atoms with Crippen molar-refractivity contribution in [2.45, 2.75) is 17.7 Å². The molecule has 1 aromatic heterocycles. The highest BCUT2D eigenvalue weighted by atomic mass is 32.2. The van der Waals surface area contributed by atoms with Crippen LogP contribution < -0.4 is 0 Å². The van der Waals surface area contributed by atoms with Crippen molar-refractivity contribution in [2.75, 3.05) is 26.6 Å².